The van der Waals surface area contributed by atoms with Crippen molar-refractivity contribution in [2.75, 3.05) is 89.7 Å². The Morgan fingerprint density at radius 1 is 0.543 bits per heavy atom. The molecule has 0 aliphatic carbocycles. The SMILES string of the molecule is CN(C)CCN(OC(=O)/C=C\C(=O)ON(CCN(C)C)C(=O)Nc1ccc(-c2cnc(CSCCOc3ccccc3)o2)cc1)C(=O)Nc1ccc(-c2cnc(CSCCOc3ccccc3)o2)cc1. The first-order valence-corrected chi connectivity index (χ1v) is 24.5. The minimum Gasteiger partial charge on any atom is -0.493 e. The van der Waals surface area contributed by atoms with Crippen LogP contribution in [0.4, 0.5) is 21.0 Å². The summed E-state index contributed by atoms with van der Waals surface area (Å²) in [6.07, 6.45) is 4.92. The van der Waals surface area contributed by atoms with Gasteiger partial charge in [0, 0.05) is 59.2 Å². The molecule has 0 fully saturated rings. The number of hydroxylamine groups is 4. The van der Waals surface area contributed by atoms with Crippen LogP contribution in [0.1, 0.15) is 11.8 Å². The number of anilines is 2. The number of rotatable bonds is 24. The molecule has 0 aliphatic heterocycles. The van der Waals surface area contributed by atoms with Crippen molar-refractivity contribution in [1.29, 1.82) is 0 Å². The molecule has 2 N–H and O–H groups in total. The van der Waals surface area contributed by atoms with E-state index in [4.69, 9.17) is 28.0 Å². The number of amides is 4. The number of para-hydroxylation sites is 2. The van der Waals surface area contributed by atoms with Gasteiger partial charge in [-0.2, -0.15) is 10.1 Å². The lowest BCUT2D eigenvalue weighted by Crippen LogP contribution is -2.41. The van der Waals surface area contributed by atoms with Gasteiger partial charge in [-0.15, -0.1) is 23.5 Å². The van der Waals surface area contributed by atoms with Crippen LogP contribution in [0.2, 0.25) is 0 Å². The minimum atomic E-state index is -1.03. The minimum absolute atomic E-state index is 0.00232. The molecule has 2 heterocycles. The van der Waals surface area contributed by atoms with Crippen LogP contribution in [0, 0.1) is 0 Å². The summed E-state index contributed by atoms with van der Waals surface area (Å²) in [5.74, 6) is 4.58. The number of benzene rings is 4. The zero-order chi connectivity index (χ0) is 49.5. The normalized spacial score (nSPS) is 11.1. The number of nitrogens with one attached hydrogen (secondary N) is 2. The molecular weight excluding hydrogens is 937 g/mol. The number of carbonyl (C=O) groups excluding carboxylic acids is 4. The topological polar surface area (TPSA) is 194 Å². The average Bonchev–Trinajstić information content (AvgIpc) is 4.05. The number of hydrogen-bond acceptors (Lipinski definition) is 16. The van der Waals surface area contributed by atoms with E-state index >= 15 is 0 Å². The van der Waals surface area contributed by atoms with Gasteiger partial charge in [0.05, 0.1) is 50.2 Å². The van der Waals surface area contributed by atoms with E-state index in [-0.39, 0.29) is 13.1 Å². The third kappa shape index (κ3) is 18.0. The Kier molecular flexibility index (Phi) is 20.6. The van der Waals surface area contributed by atoms with Gasteiger partial charge in [0.1, 0.15) is 11.5 Å². The number of thioether (sulfide) groups is 2. The Bertz CT molecular complexity index is 2400. The van der Waals surface area contributed by atoms with Gasteiger partial charge in [0.15, 0.2) is 11.5 Å². The average molecular weight is 993 g/mol. The number of hydrogen-bond donors (Lipinski definition) is 2. The van der Waals surface area contributed by atoms with Crippen LogP contribution < -0.4 is 20.1 Å². The van der Waals surface area contributed by atoms with Crippen molar-refractivity contribution in [3.05, 3.63) is 146 Å². The molecule has 20 heteroatoms. The van der Waals surface area contributed by atoms with Gasteiger partial charge in [0.25, 0.3) is 0 Å². The van der Waals surface area contributed by atoms with Gasteiger partial charge in [-0.25, -0.2) is 29.1 Å². The van der Waals surface area contributed by atoms with Crippen molar-refractivity contribution >= 4 is 58.9 Å². The maximum absolute atomic E-state index is 13.4. The Labute approximate surface area is 415 Å². The highest BCUT2D eigenvalue weighted by Gasteiger charge is 2.21. The number of oxazole rings is 2. The first-order chi connectivity index (χ1) is 34.0. The zero-order valence-corrected chi connectivity index (χ0v) is 41.0. The van der Waals surface area contributed by atoms with E-state index in [0.29, 0.717) is 72.5 Å². The van der Waals surface area contributed by atoms with Crippen molar-refractivity contribution in [3.63, 3.8) is 0 Å². The molecule has 0 spiro atoms. The van der Waals surface area contributed by atoms with E-state index in [2.05, 4.69) is 20.6 Å². The summed E-state index contributed by atoms with van der Waals surface area (Å²) in [4.78, 5) is 75.7. The van der Waals surface area contributed by atoms with Crippen molar-refractivity contribution in [2.24, 2.45) is 0 Å². The molecule has 0 saturated heterocycles. The summed E-state index contributed by atoms with van der Waals surface area (Å²) in [5.41, 5.74) is 2.35. The van der Waals surface area contributed by atoms with Crippen molar-refractivity contribution < 1.29 is 47.2 Å². The molecule has 368 valence electrons. The second-order valence-corrected chi connectivity index (χ2v) is 17.9. The fourth-order valence-corrected chi connectivity index (χ4v) is 7.30. The molecule has 0 atom stereocenters. The molecule has 0 radical (unpaired) electrons. The van der Waals surface area contributed by atoms with Crippen LogP contribution in [0.5, 0.6) is 11.5 Å². The van der Waals surface area contributed by atoms with E-state index in [1.807, 2.05) is 60.7 Å². The zero-order valence-electron chi connectivity index (χ0n) is 39.4. The van der Waals surface area contributed by atoms with E-state index in [1.54, 1.807) is 122 Å². The van der Waals surface area contributed by atoms with Gasteiger partial charge < -0.3 is 48.4 Å². The molecule has 0 saturated carbocycles. The van der Waals surface area contributed by atoms with Crippen LogP contribution >= 0.6 is 23.5 Å². The standard InChI is InChI=1S/C50H56N8O10S2/c1-55(2)25-27-57(49(61)53-39-19-15-37(16-20-39)43-33-51-45(65-43)35-69-31-29-63-41-11-7-5-8-12-41)67-47(59)23-24-48(60)68-58(28-26-56(3)4)50(62)54-40-21-17-38(18-22-40)44-34-52-46(66-44)36-70-32-30-64-42-13-9-6-10-14-42/h5-24,33-34H,25-32,35-36H2,1-4H3,(H,53,61)(H,54,62)/b24-23-. The predicted octanol–water partition coefficient (Wildman–Crippen LogP) is 8.58. The molecule has 4 amide bonds. The molecular formula is C50H56N8O10S2. The Morgan fingerprint density at radius 2 is 0.929 bits per heavy atom. The van der Waals surface area contributed by atoms with Crippen molar-refractivity contribution in [1.82, 2.24) is 29.9 Å². The second-order valence-electron chi connectivity index (χ2n) is 15.6. The number of likely N-dealkylation sites (N-methyl/N-ethyl adjacent to an activating group) is 2. The molecule has 6 rings (SSSR count). The second kappa shape index (κ2) is 27.7. The molecule has 70 heavy (non-hydrogen) atoms. The highest BCUT2D eigenvalue weighted by molar-refractivity contribution is 7.98. The smallest absolute Gasteiger partial charge is 0.356 e. The van der Waals surface area contributed by atoms with Crippen LogP contribution in [0.15, 0.2) is 143 Å². The van der Waals surface area contributed by atoms with Crippen LogP contribution in [0.3, 0.4) is 0 Å². The molecule has 0 unspecified atom stereocenters. The molecule has 18 nitrogen and oxygen atoms in total. The lowest BCUT2D eigenvalue weighted by Gasteiger charge is -2.23. The highest BCUT2D eigenvalue weighted by atomic mass is 32.2. The fourth-order valence-electron chi connectivity index (χ4n) is 5.99. The van der Waals surface area contributed by atoms with Crippen LogP contribution in [-0.2, 0) is 30.8 Å². The number of carbonyl (C=O) groups is 4. The van der Waals surface area contributed by atoms with Gasteiger partial charge in [-0.3, -0.25) is 0 Å². The number of nitrogens with zero attached hydrogens (tertiary/aromatic N) is 6. The molecule has 6 aromatic rings. The third-order valence-electron chi connectivity index (χ3n) is 9.59. The molecule has 4 aromatic carbocycles. The summed E-state index contributed by atoms with van der Waals surface area (Å²) in [5, 5.41) is 7.16. The van der Waals surface area contributed by atoms with Crippen LogP contribution in [-0.4, -0.2) is 133 Å². The largest absolute Gasteiger partial charge is 0.493 e. The summed E-state index contributed by atoms with van der Waals surface area (Å²) in [6, 6.07) is 31.6. The maximum atomic E-state index is 13.4. The van der Waals surface area contributed by atoms with E-state index in [1.165, 1.54) is 0 Å². The van der Waals surface area contributed by atoms with Crippen molar-refractivity contribution in [2.45, 2.75) is 11.5 Å². The monoisotopic (exact) mass is 992 g/mol. The number of ether oxygens (including phenoxy) is 2. The third-order valence-corrected chi connectivity index (χ3v) is 11.4. The quantitative estimate of drug-likeness (QED) is 0.0332. The predicted molar refractivity (Wildman–Crippen MR) is 270 cm³/mol. The summed E-state index contributed by atoms with van der Waals surface area (Å²) >= 11 is 3.29. The summed E-state index contributed by atoms with van der Waals surface area (Å²) in [6.45, 7) is 1.83. The highest BCUT2D eigenvalue weighted by Crippen LogP contribution is 2.26. The Hall–Kier alpha value is -7.26. The Morgan fingerprint density at radius 3 is 1.30 bits per heavy atom. The lowest BCUT2D eigenvalue weighted by atomic mass is 10.2. The van der Waals surface area contributed by atoms with E-state index < -0.39 is 24.0 Å². The summed E-state index contributed by atoms with van der Waals surface area (Å²) in [7, 11) is 7.20. The Balaban J connectivity index is 0.954. The van der Waals surface area contributed by atoms with Gasteiger partial charge in [-0.1, -0.05) is 36.4 Å². The maximum Gasteiger partial charge on any atom is 0.356 e. The first-order valence-electron chi connectivity index (χ1n) is 22.2. The van der Waals surface area contributed by atoms with E-state index in [0.717, 1.165) is 56.4 Å². The summed E-state index contributed by atoms with van der Waals surface area (Å²) < 4.78 is 23.4. The fraction of sp³-hybridized carbons (Fsp3) is 0.280. The number of aromatic nitrogens is 2. The molecule has 0 aliphatic rings. The van der Waals surface area contributed by atoms with Crippen LogP contribution in [0.25, 0.3) is 22.6 Å². The van der Waals surface area contributed by atoms with Gasteiger partial charge >= 0.3 is 24.0 Å². The molecule has 0 bridgehead atoms. The van der Waals surface area contributed by atoms with Gasteiger partial charge in [-0.05, 0) is 101 Å². The van der Waals surface area contributed by atoms with Gasteiger partial charge in [0.2, 0.25) is 11.8 Å². The lowest BCUT2D eigenvalue weighted by molar-refractivity contribution is -0.172. The molecule has 2 aromatic heterocycles. The van der Waals surface area contributed by atoms with E-state index in [9.17, 15) is 19.2 Å². The first kappa shape index (κ1) is 52.1. The number of urea groups is 2. The van der Waals surface area contributed by atoms with Crippen molar-refractivity contribution in [3.8, 4) is 34.1 Å².